The zero-order valence-electron chi connectivity index (χ0n) is 19.3. The molecule has 5 nitrogen and oxygen atoms in total. The first kappa shape index (κ1) is 26.4. The molecule has 1 atom stereocenters. The van der Waals surface area contributed by atoms with Gasteiger partial charge in [0, 0.05) is 17.6 Å². The van der Waals surface area contributed by atoms with Crippen LogP contribution in [0.15, 0.2) is 51.4 Å². The van der Waals surface area contributed by atoms with Crippen LogP contribution in [0.3, 0.4) is 0 Å². The van der Waals surface area contributed by atoms with Crippen LogP contribution in [0.4, 0.5) is 0 Å². The highest BCUT2D eigenvalue weighted by Gasteiger charge is 2.26. The Bertz CT molecular complexity index is 931. The molecule has 0 saturated heterocycles. The molecular formula is C25H32Br2N2O3. The summed E-state index contributed by atoms with van der Waals surface area (Å²) in [7, 11) is 0. The first-order valence-corrected chi connectivity index (χ1v) is 12.4. The zero-order chi connectivity index (χ0) is 23.8. The Morgan fingerprint density at radius 2 is 1.75 bits per heavy atom. The Kier molecular flexibility index (Phi) is 10.2. The molecule has 0 spiro atoms. The third kappa shape index (κ3) is 7.93. The number of rotatable bonds is 10. The van der Waals surface area contributed by atoms with Gasteiger partial charge in [-0.3, -0.25) is 9.59 Å². The maximum absolute atomic E-state index is 13.2. The lowest BCUT2D eigenvalue weighted by Gasteiger charge is -2.29. The molecule has 0 saturated carbocycles. The highest BCUT2D eigenvalue weighted by Crippen LogP contribution is 2.29. The summed E-state index contributed by atoms with van der Waals surface area (Å²) in [4.78, 5) is 27.5. The van der Waals surface area contributed by atoms with E-state index in [9.17, 15) is 9.59 Å². The quantitative estimate of drug-likeness (QED) is 0.388. The molecule has 7 heteroatoms. The summed E-state index contributed by atoms with van der Waals surface area (Å²) in [6.45, 7) is 10.8. The van der Waals surface area contributed by atoms with Crippen LogP contribution < -0.4 is 10.1 Å². The summed E-state index contributed by atoms with van der Waals surface area (Å²) in [6.07, 6.45) is 0. The monoisotopic (exact) mass is 566 g/mol. The minimum absolute atomic E-state index is 0.157. The second kappa shape index (κ2) is 12.4. The van der Waals surface area contributed by atoms with Crippen molar-refractivity contribution in [2.75, 3.05) is 13.2 Å². The largest absolute Gasteiger partial charge is 0.483 e. The molecule has 2 rings (SSSR count). The fourth-order valence-corrected chi connectivity index (χ4v) is 4.04. The van der Waals surface area contributed by atoms with E-state index in [1.807, 2.05) is 56.3 Å². The van der Waals surface area contributed by atoms with E-state index in [0.29, 0.717) is 30.7 Å². The molecular weight excluding hydrogens is 536 g/mol. The van der Waals surface area contributed by atoms with Crippen molar-refractivity contribution in [3.63, 3.8) is 0 Å². The van der Waals surface area contributed by atoms with E-state index in [1.54, 1.807) is 11.8 Å². The molecule has 0 aliphatic heterocycles. The maximum atomic E-state index is 13.2. The van der Waals surface area contributed by atoms with Gasteiger partial charge in [0.2, 0.25) is 5.91 Å². The molecule has 0 unspecified atom stereocenters. The summed E-state index contributed by atoms with van der Waals surface area (Å²) in [5.41, 5.74) is 2.11. The van der Waals surface area contributed by atoms with E-state index in [4.69, 9.17) is 4.74 Å². The summed E-state index contributed by atoms with van der Waals surface area (Å²) in [6, 6.07) is 13.0. The van der Waals surface area contributed by atoms with E-state index in [0.717, 1.165) is 14.5 Å². The number of hydrogen-bond acceptors (Lipinski definition) is 3. The zero-order valence-corrected chi connectivity index (χ0v) is 22.5. The summed E-state index contributed by atoms with van der Waals surface area (Å²) >= 11 is 7.00. The van der Waals surface area contributed by atoms with Gasteiger partial charge in [0.05, 0.1) is 4.47 Å². The van der Waals surface area contributed by atoms with Gasteiger partial charge in [-0.05, 0) is 70.1 Å². The Labute approximate surface area is 208 Å². The van der Waals surface area contributed by atoms with Gasteiger partial charge < -0.3 is 15.0 Å². The van der Waals surface area contributed by atoms with Crippen LogP contribution in [0.2, 0.25) is 0 Å². The van der Waals surface area contributed by atoms with Crippen molar-refractivity contribution in [1.82, 2.24) is 10.2 Å². The number of amides is 2. The van der Waals surface area contributed by atoms with Gasteiger partial charge >= 0.3 is 0 Å². The molecule has 174 valence electrons. The minimum atomic E-state index is -0.629. The fraction of sp³-hybridized carbons (Fsp3) is 0.440. The van der Waals surface area contributed by atoms with Crippen LogP contribution in [0.25, 0.3) is 0 Å². The molecule has 1 N–H and O–H groups in total. The van der Waals surface area contributed by atoms with Crippen LogP contribution in [-0.4, -0.2) is 35.9 Å². The Balaban J connectivity index is 2.16. The summed E-state index contributed by atoms with van der Waals surface area (Å²) in [5.74, 6) is 0.895. The predicted molar refractivity (Wildman–Crippen MR) is 136 cm³/mol. The van der Waals surface area contributed by atoms with Crippen molar-refractivity contribution >= 4 is 43.7 Å². The number of hydrogen-bond donors (Lipinski definition) is 1. The topological polar surface area (TPSA) is 58.6 Å². The van der Waals surface area contributed by atoms with Crippen LogP contribution in [0.1, 0.15) is 51.7 Å². The first-order valence-electron chi connectivity index (χ1n) is 10.8. The van der Waals surface area contributed by atoms with Crippen molar-refractivity contribution in [2.24, 2.45) is 5.92 Å². The molecule has 0 bridgehead atoms. The van der Waals surface area contributed by atoms with E-state index < -0.39 is 6.04 Å². The average Bonchev–Trinajstić information content (AvgIpc) is 2.74. The van der Waals surface area contributed by atoms with Crippen LogP contribution >= 0.6 is 31.9 Å². The molecule has 0 aliphatic rings. The molecule has 2 amide bonds. The molecule has 0 radical (unpaired) electrons. The number of halogens is 2. The third-order valence-electron chi connectivity index (χ3n) is 5.07. The van der Waals surface area contributed by atoms with Crippen molar-refractivity contribution < 1.29 is 14.3 Å². The second-order valence-corrected chi connectivity index (χ2v) is 10.4. The van der Waals surface area contributed by atoms with E-state index >= 15 is 0 Å². The van der Waals surface area contributed by atoms with Crippen molar-refractivity contribution in [2.45, 2.75) is 53.1 Å². The molecule has 0 heterocycles. The third-order valence-corrected chi connectivity index (χ3v) is 6.18. The maximum Gasteiger partial charge on any atom is 0.261 e. The van der Waals surface area contributed by atoms with Gasteiger partial charge in [-0.2, -0.15) is 0 Å². The highest BCUT2D eigenvalue weighted by molar-refractivity contribution is 9.10. The van der Waals surface area contributed by atoms with Gasteiger partial charge in [0.25, 0.3) is 5.91 Å². The van der Waals surface area contributed by atoms with E-state index in [2.05, 4.69) is 51.0 Å². The van der Waals surface area contributed by atoms with Crippen molar-refractivity contribution in [3.8, 4) is 5.75 Å². The number of benzene rings is 2. The average molecular weight is 568 g/mol. The predicted octanol–water partition coefficient (Wildman–Crippen LogP) is 5.90. The molecule has 0 fully saturated rings. The van der Waals surface area contributed by atoms with Crippen molar-refractivity contribution in [3.05, 3.63) is 62.5 Å². The van der Waals surface area contributed by atoms with Gasteiger partial charge in [0.1, 0.15) is 11.8 Å². The van der Waals surface area contributed by atoms with Crippen LogP contribution in [0.5, 0.6) is 5.75 Å². The summed E-state index contributed by atoms with van der Waals surface area (Å²) in [5, 5.41) is 2.92. The van der Waals surface area contributed by atoms with Gasteiger partial charge in [-0.25, -0.2) is 0 Å². The Morgan fingerprint density at radius 1 is 1.03 bits per heavy atom. The Hall–Kier alpha value is -1.86. The van der Waals surface area contributed by atoms with Crippen LogP contribution in [0, 0.1) is 5.92 Å². The first-order chi connectivity index (χ1) is 15.1. The highest BCUT2D eigenvalue weighted by atomic mass is 79.9. The number of carbonyl (C=O) groups is 2. The second-order valence-electron chi connectivity index (χ2n) is 8.60. The smallest absolute Gasteiger partial charge is 0.261 e. The normalized spacial score (nSPS) is 12.0. The number of nitrogens with zero attached hydrogens (tertiary/aromatic N) is 1. The Morgan fingerprint density at radius 3 is 2.34 bits per heavy atom. The number of carbonyl (C=O) groups excluding carboxylic acids is 2. The lowest BCUT2D eigenvalue weighted by molar-refractivity contribution is -0.142. The van der Waals surface area contributed by atoms with E-state index in [-0.39, 0.29) is 18.4 Å². The standard InChI is InChI=1S/C25H32Br2N2O3/c1-16(2)13-28-25(31)18(5)29(14-19-7-6-8-21(26)11-19)24(30)15-32-23-10-9-20(17(3)4)12-22(23)27/h6-12,16-18H,13-15H2,1-5H3,(H,28,31)/t18-/m1/s1. The van der Waals surface area contributed by atoms with Gasteiger partial charge in [-0.15, -0.1) is 0 Å². The molecule has 0 aromatic heterocycles. The summed E-state index contributed by atoms with van der Waals surface area (Å²) < 4.78 is 7.55. The molecule has 0 aliphatic carbocycles. The number of nitrogens with one attached hydrogen (secondary N) is 1. The molecule has 2 aromatic carbocycles. The SMILES string of the molecule is CC(C)CNC(=O)[C@@H](C)N(Cc1cccc(Br)c1)C(=O)COc1ccc(C(C)C)cc1Br. The van der Waals surface area contributed by atoms with Gasteiger partial charge in [-0.1, -0.05) is 61.8 Å². The lowest BCUT2D eigenvalue weighted by atomic mass is 10.0. The molecule has 32 heavy (non-hydrogen) atoms. The fourth-order valence-electron chi connectivity index (χ4n) is 3.08. The van der Waals surface area contributed by atoms with E-state index in [1.165, 1.54) is 5.56 Å². The number of ether oxygens (including phenoxy) is 1. The van der Waals surface area contributed by atoms with Crippen molar-refractivity contribution in [1.29, 1.82) is 0 Å². The molecule has 2 aromatic rings. The van der Waals surface area contributed by atoms with Crippen LogP contribution in [-0.2, 0) is 16.1 Å². The lowest BCUT2D eigenvalue weighted by Crippen LogP contribution is -2.49. The minimum Gasteiger partial charge on any atom is -0.483 e. The van der Waals surface area contributed by atoms with Gasteiger partial charge in [0.15, 0.2) is 6.61 Å².